The van der Waals surface area contributed by atoms with Crippen LogP contribution in [0.2, 0.25) is 0 Å². The molecule has 0 saturated heterocycles. The normalized spacial score (nSPS) is 9.76. The zero-order valence-corrected chi connectivity index (χ0v) is 10.1. The Hall–Kier alpha value is -1.75. The maximum atomic E-state index is 11.4. The third kappa shape index (κ3) is 3.64. The Labute approximate surface area is 104 Å². The number of alkyl halides is 1. The lowest BCUT2D eigenvalue weighted by molar-refractivity contribution is -0.115. The van der Waals surface area contributed by atoms with Gasteiger partial charge in [0.15, 0.2) is 0 Å². The topological polar surface area (TPSA) is 81.4 Å². The number of methoxy groups -OCH3 is 1. The molecule has 0 atom stereocenters. The maximum Gasteiger partial charge on any atom is 0.248 e. The average Bonchev–Trinajstić information content (AvgIpc) is 2.29. The summed E-state index contributed by atoms with van der Waals surface area (Å²) in [6, 6.07) is 4.56. The third-order valence-corrected chi connectivity index (χ3v) is 2.27. The molecule has 6 heteroatoms. The summed E-state index contributed by atoms with van der Waals surface area (Å²) in [5.74, 6) is -0.137. The minimum atomic E-state index is -0.569. The Morgan fingerprint density at radius 3 is 2.71 bits per heavy atom. The molecule has 1 aromatic carbocycles. The van der Waals surface area contributed by atoms with Crippen molar-refractivity contribution in [1.29, 1.82) is 0 Å². The predicted octanol–water partition coefficient (Wildman–Crippen LogP) is 1.36. The van der Waals surface area contributed by atoms with Gasteiger partial charge in [-0.3, -0.25) is 9.59 Å². The highest BCUT2D eigenvalue weighted by Crippen LogP contribution is 2.25. The molecule has 1 aromatic rings. The van der Waals surface area contributed by atoms with E-state index in [-0.39, 0.29) is 18.2 Å². The maximum absolute atomic E-state index is 11.4. The van der Waals surface area contributed by atoms with Crippen molar-refractivity contribution in [3.05, 3.63) is 23.8 Å². The number of primary amides is 1. The van der Waals surface area contributed by atoms with E-state index in [1.54, 1.807) is 6.07 Å². The molecule has 0 unspecified atom stereocenters. The van der Waals surface area contributed by atoms with E-state index >= 15 is 0 Å². The van der Waals surface area contributed by atoms with Gasteiger partial charge >= 0.3 is 0 Å². The van der Waals surface area contributed by atoms with Crippen LogP contribution in [0.3, 0.4) is 0 Å². The van der Waals surface area contributed by atoms with Gasteiger partial charge in [-0.15, -0.1) is 11.6 Å². The molecular weight excluding hydrogens is 244 g/mol. The molecule has 0 aromatic heterocycles. The third-order valence-electron chi connectivity index (χ3n) is 2.08. The second-order valence-corrected chi connectivity index (χ2v) is 3.64. The summed E-state index contributed by atoms with van der Waals surface area (Å²) in [5, 5.41) is 2.60. The first-order chi connectivity index (χ1) is 8.08. The van der Waals surface area contributed by atoms with Gasteiger partial charge in [-0.2, -0.15) is 0 Å². The fourth-order valence-corrected chi connectivity index (χ4v) is 1.43. The molecule has 5 nitrogen and oxygen atoms in total. The number of benzene rings is 1. The molecule has 0 radical (unpaired) electrons. The van der Waals surface area contributed by atoms with Crippen molar-refractivity contribution in [2.75, 3.05) is 18.3 Å². The summed E-state index contributed by atoms with van der Waals surface area (Å²) in [5.41, 5.74) is 5.85. The first-order valence-corrected chi connectivity index (χ1v) is 5.45. The van der Waals surface area contributed by atoms with Crippen molar-refractivity contribution in [2.45, 2.75) is 6.42 Å². The van der Waals surface area contributed by atoms with Gasteiger partial charge in [0.25, 0.3) is 0 Å². The minimum Gasteiger partial charge on any atom is -0.495 e. The van der Waals surface area contributed by atoms with E-state index in [2.05, 4.69) is 5.32 Å². The molecule has 17 heavy (non-hydrogen) atoms. The Morgan fingerprint density at radius 2 is 2.18 bits per heavy atom. The Kier molecular flexibility index (Phi) is 4.78. The highest BCUT2D eigenvalue weighted by Gasteiger charge is 2.10. The van der Waals surface area contributed by atoms with E-state index in [0.29, 0.717) is 17.0 Å². The zero-order chi connectivity index (χ0) is 12.8. The number of carbonyl (C=O) groups is 2. The molecule has 3 N–H and O–H groups in total. The monoisotopic (exact) mass is 256 g/mol. The van der Waals surface area contributed by atoms with Crippen LogP contribution in [0.1, 0.15) is 16.8 Å². The number of rotatable bonds is 5. The van der Waals surface area contributed by atoms with Crippen molar-refractivity contribution in [3.8, 4) is 5.75 Å². The summed E-state index contributed by atoms with van der Waals surface area (Å²) in [4.78, 5) is 22.4. The Balaban J connectivity index is 2.97. The number of hydrogen-bond donors (Lipinski definition) is 2. The standard InChI is InChI=1S/C11H13ClN2O3/c1-17-9-3-2-7(11(13)16)6-8(9)14-10(15)4-5-12/h2-3,6H,4-5H2,1H3,(H2,13,16)(H,14,15). The van der Waals surface area contributed by atoms with Crippen LogP contribution in [0.15, 0.2) is 18.2 Å². The number of nitrogens with two attached hydrogens (primary N) is 1. The van der Waals surface area contributed by atoms with Crippen LogP contribution < -0.4 is 15.8 Å². The molecule has 2 amide bonds. The SMILES string of the molecule is COc1ccc(C(N)=O)cc1NC(=O)CCCl. The molecule has 0 aliphatic rings. The van der Waals surface area contributed by atoms with E-state index in [0.717, 1.165) is 0 Å². The van der Waals surface area contributed by atoms with Gasteiger partial charge in [0.2, 0.25) is 11.8 Å². The lowest BCUT2D eigenvalue weighted by Gasteiger charge is -2.10. The molecule has 0 aliphatic heterocycles. The molecule has 0 saturated carbocycles. The van der Waals surface area contributed by atoms with Crippen LogP contribution in [0.5, 0.6) is 5.75 Å². The lowest BCUT2D eigenvalue weighted by atomic mass is 10.1. The summed E-state index contributed by atoms with van der Waals surface area (Å²) < 4.78 is 5.06. The predicted molar refractivity (Wildman–Crippen MR) is 65.5 cm³/mol. The number of amides is 2. The minimum absolute atomic E-state index is 0.186. The molecule has 92 valence electrons. The fourth-order valence-electron chi connectivity index (χ4n) is 1.26. The lowest BCUT2D eigenvalue weighted by Crippen LogP contribution is -2.15. The summed E-state index contributed by atoms with van der Waals surface area (Å²) in [6.07, 6.45) is 0.186. The van der Waals surface area contributed by atoms with Crippen LogP contribution in [-0.2, 0) is 4.79 Å². The summed E-state index contributed by atoms with van der Waals surface area (Å²) in [7, 11) is 1.47. The summed E-state index contributed by atoms with van der Waals surface area (Å²) in [6.45, 7) is 0. The molecule has 1 rings (SSSR count). The molecule has 0 aliphatic carbocycles. The van der Waals surface area contributed by atoms with Crippen molar-refractivity contribution >= 4 is 29.1 Å². The van der Waals surface area contributed by atoms with Crippen LogP contribution in [0.25, 0.3) is 0 Å². The van der Waals surface area contributed by atoms with Gasteiger partial charge < -0.3 is 15.8 Å². The van der Waals surface area contributed by atoms with E-state index in [9.17, 15) is 9.59 Å². The number of anilines is 1. The van der Waals surface area contributed by atoms with Crippen LogP contribution in [-0.4, -0.2) is 24.8 Å². The Morgan fingerprint density at radius 1 is 1.47 bits per heavy atom. The largest absolute Gasteiger partial charge is 0.495 e. The van der Waals surface area contributed by atoms with E-state index in [4.69, 9.17) is 22.1 Å². The van der Waals surface area contributed by atoms with Crippen molar-refractivity contribution in [2.24, 2.45) is 5.73 Å². The van der Waals surface area contributed by atoms with Crippen LogP contribution >= 0.6 is 11.6 Å². The molecule has 0 heterocycles. The number of halogens is 1. The first-order valence-electron chi connectivity index (χ1n) is 4.92. The van der Waals surface area contributed by atoms with Crippen molar-refractivity contribution < 1.29 is 14.3 Å². The van der Waals surface area contributed by atoms with E-state index in [1.807, 2.05) is 0 Å². The highest BCUT2D eigenvalue weighted by atomic mass is 35.5. The van der Waals surface area contributed by atoms with E-state index < -0.39 is 5.91 Å². The quantitative estimate of drug-likeness (QED) is 0.781. The highest BCUT2D eigenvalue weighted by molar-refractivity contribution is 6.19. The van der Waals surface area contributed by atoms with Gasteiger partial charge in [0.05, 0.1) is 12.8 Å². The number of nitrogens with one attached hydrogen (secondary N) is 1. The number of ether oxygens (including phenoxy) is 1. The van der Waals surface area contributed by atoms with E-state index in [1.165, 1.54) is 19.2 Å². The van der Waals surface area contributed by atoms with Gasteiger partial charge in [-0.05, 0) is 18.2 Å². The molecular formula is C11H13ClN2O3. The number of hydrogen-bond acceptors (Lipinski definition) is 3. The fraction of sp³-hybridized carbons (Fsp3) is 0.273. The molecule has 0 spiro atoms. The average molecular weight is 257 g/mol. The van der Waals surface area contributed by atoms with Crippen LogP contribution in [0, 0.1) is 0 Å². The van der Waals surface area contributed by atoms with Gasteiger partial charge in [0, 0.05) is 17.9 Å². The second-order valence-electron chi connectivity index (χ2n) is 3.27. The molecule has 0 bridgehead atoms. The summed E-state index contributed by atoms with van der Waals surface area (Å²) >= 11 is 5.45. The first kappa shape index (κ1) is 13.3. The zero-order valence-electron chi connectivity index (χ0n) is 9.33. The van der Waals surface area contributed by atoms with Gasteiger partial charge in [-0.25, -0.2) is 0 Å². The van der Waals surface area contributed by atoms with Gasteiger partial charge in [0.1, 0.15) is 5.75 Å². The van der Waals surface area contributed by atoms with Crippen LogP contribution in [0.4, 0.5) is 5.69 Å². The Bertz CT molecular complexity index is 435. The van der Waals surface area contributed by atoms with Gasteiger partial charge in [-0.1, -0.05) is 0 Å². The second kappa shape index (κ2) is 6.10. The molecule has 0 fully saturated rings. The van der Waals surface area contributed by atoms with Crippen molar-refractivity contribution in [1.82, 2.24) is 0 Å². The van der Waals surface area contributed by atoms with Crippen molar-refractivity contribution in [3.63, 3.8) is 0 Å². The number of carbonyl (C=O) groups excluding carboxylic acids is 2. The smallest absolute Gasteiger partial charge is 0.248 e.